The summed E-state index contributed by atoms with van der Waals surface area (Å²) in [7, 11) is 0. The molecular formula is C17H16BrNO. The molecule has 0 amide bonds. The van der Waals surface area contributed by atoms with Gasteiger partial charge in [-0.3, -0.25) is 0 Å². The van der Waals surface area contributed by atoms with E-state index in [1.807, 2.05) is 6.92 Å². The minimum Gasteiger partial charge on any atom is -0.356 e. The van der Waals surface area contributed by atoms with Crippen molar-refractivity contribution in [2.24, 2.45) is 0 Å². The predicted octanol–water partition coefficient (Wildman–Crippen LogP) is 5.52. The fraction of sp³-hybridized carbons (Fsp3) is 0.235. The van der Waals surface area contributed by atoms with Crippen molar-refractivity contribution in [3.8, 4) is 11.1 Å². The normalized spacial score (nSPS) is 11.2. The lowest BCUT2D eigenvalue weighted by molar-refractivity contribution is 0.450. The topological polar surface area (TPSA) is 26.0 Å². The molecule has 102 valence electrons. The van der Waals surface area contributed by atoms with Gasteiger partial charge in [0.25, 0.3) is 0 Å². The first-order chi connectivity index (χ1) is 9.69. The summed E-state index contributed by atoms with van der Waals surface area (Å²) in [4.78, 5) is 0. The Labute approximate surface area is 126 Å². The maximum atomic E-state index is 5.37. The van der Waals surface area contributed by atoms with Gasteiger partial charge in [0.2, 0.25) is 0 Å². The summed E-state index contributed by atoms with van der Waals surface area (Å²) in [5.74, 6) is 0. The van der Waals surface area contributed by atoms with E-state index in [9.17, 15) is 0 Å². The Morgan fingerprint density at radius 1 is 1.10 bits per heavy atom. The second-order valence-corrected chi connectivity index (χ2v) is 5.90. The van der Waals surface area contributed by atoms with Crippen LogP contribution in [0.25, 0.3) is 22.1 Å². The first-order valence-corrected chi connectivity index (χ1v) is 7.63. The zero-order chi connectivity index (χ0) is 14.1. The van der Waals surface area contributed by atoms with Crippen LogP contribution in [0.15, 0.2) is 45.4 Å². The molecule has 0 bridgehead atoms. The molecular weight excluding hydrogens is 314 g/mol. The minimum absolute atomic E-state index is 0.824. The first kappa shape index (κ1) is 13.4. The van der Waals surface area contributed by atoms with E-state index in [4.69, 9.17) is 4.52 Å². The van der Waals surface area contributed by atoms with E-state index in [-0.39, 0.29) is 0 Å². The van der Waals surface area contributed by atoms with E-state index in [1.165, 1.54) is 17.5 Å². The molecule has 1 aromatic heterocycles. The Morgan fingerprint density at radius 2 is 1.85 bits per heavy atom. The predicted molar refractivity (Wildman–Crippen MR) is 85.9 cm³/mol. The maximum Gasteiger partial charge on any atom is 0.168 e. The van der Waals surface area contributed by atoms with Gasteiger partial charge in [-0.2, -0.15) is 0 Å². The van der Waals surface area contributed by atoms with Gasteiger partial charge in [0.1, 0.15) is 0 Å². The monoisotopic (exact) mass is 329 g/mol. The number of fused-ring (bicyclic) bond motifs is 1. The summed E-state index contributed by atoms with van der Waals surface area (Å²) < 4.78 is 6.40. The minimum atomic E-state index is 0.824. The van der Waals surface area contributed by atoms with Crippen LogP contribution in [-0.2, 0) is 6.42 Å². The molecule has 20 heavy (non-hydrogen) atoms. The molecule has 2 nitrogen and oxygen atoms in total. The van der Waals surface area contributed by atoms with Crippen molar-refractivity contribution in [2.75, 3.05) is 0 Å². The van der Waals surface area contributed by atoms with Gasteiger partial charge in [-0.15, -0.1) is 0 Å². The lowest BCUT2D eigenvalue weighted by atomic mass is 10.0. The summed E-state index contributed by atoms with van der Waals surface area (Å²) in [6.07, 6.45) is 2.30. The van der Waals surface area contributed by atoms with E-state index in [2.05, 4.69) is 64.4 Å². The van der Waals surface area contributed by atoms with Crippen LogP contribution in [0.5, 0.6) is 0 Å². The average Bonchev–Trinajstić information content (AvgIpc) is 2.82. The largest absolute Gasteiger partial charge is 0.356 e. The van der Waals surface area contributed by atoms with Crippen molar-refractivity contribution < 1.29 is 4.52 Å². The molecule has 2 aromatic carbocycles. The van der Waals surface area contributed by atoms with E-state index in [0.29, 0.717) is 0 Å². The van der Waals surface area contributed by atoms with Crippen molar-refractivity contribution in [3.05, 3.63) is 52.1 Å². The molecule has 0 aliphatic carbocycles. The first-order valence-electron chi connectivity index (χ1n) is 6.84. The SMILES string of the molecule is CCCc1ccc(-c2cc(Br)c3c(C)noc3c2)cc1. The molecule has 3 aromatic rings. The van der Waals surface area contributed by atoms with Gasteiger partial charge in [0.15, 0.2) is 5.58 Å². The number of aromatic nitrogens is 1. The highest BCUT2D eigenvalue weighted by molar-refractivity contribution is 9.10. The molecule has 0 aliphatic heterocycles. The van der Waals surface area contributed by atoms with Gasteiger partial charge in [-0.05, 0) is 58.1 Å². The highest BCUT2D eigenvalue weighted by Gasteiger charge is 2.10. The molecule has 3 rings (SSSR count). The second-order valence-electron chi connectivity index (χ2n) is 5.05. The number of hydrogen-bond donors (Lipinski definition) is 0. The van der Waals surface area contributed by atoms with Crippen LogP contribution in [0, 0.1) is 6.92 Å². The molecule has 0 aliphatic rings. The lowest BCUT2D eigenvalue weighted by Crippen LogP contribution is -1.84. The van der Waals surface area contributed by atoms with Gasteiger partial charge >= 0.3 is 0 Å². The van der Waals surface area contributed by atoms with Crippen LogP contribution in [0.4, 0.5) is 0 Å². The third kappa shape index (κ3) is 2.38. The Morgan fingerprint density at radius 3 is 2.55 bits per heavy atom. The van der Waals surface area contributed by atoms with Crippen LogP contribution in [-0.4, -0.2) is 5.16 Å². The van der Waals surface area contributed by atoms with E-state index in [0.717, 1.165) is 33.1 Å². The van der Waals surface area contributed by atoms with Crippen LogP contribution in [0.3, 0.4) is 0 Å². The summed E-state index contributed by atoms with van der Waals surface area (Å²) in [6, 6.07) is 12.9. The molecule has 0 N–H and O–H groups in total. The van der Waals surface area contributed by atoms with Crippen LogP contribution in [0.1, 0.15) is 24.6 Å². The number of nitrogens with zero attached hydrogens (tertiary/aromatic N) is 1. The van der Waals surface area contributed by atoms with E-state index in [1.54, 1.807) is 0 Å². The number of benzene rings is 2. The van der Waals surface area contributed by atoms with Gasteiger partial charge in [-0.1, -0.05) is 42.8 Å². The maximum absolute atomic E-state index is 5.37. The van der Waals surface area contributed by atoms with Crippen molar-refractivity contribution in [2.45, 2.75) is 26.7 Å². The van der Waals surface area contributed by atoms with Gasteiger partial charge < -0.3 is 4.52 Å². The van der Waals surface area contributed by atoms with E-state index < -0.39 is 0 Å². The van der Waals surface area contributed by atoms with Gasteiger partial charge in [-0.25, -0.2) is 0 Å². The van der Waals surface area contributed by atoms with Crippen LogP contribution < -0.4 is 0 Å². The Bertz CT molecular complexity index is 744. The fourth-order valence-corrected chi connectivity index (χ4v) is 3.22. The van der Waals surface area contributed by atoms with Crippen LogP contribution in [0.2, 0.25) is 0 Å². The molecule has 0 fully saturated rings. The summed E-state index contributed by atoms with van der Waals surface area (Å²) in [6.45, 7) is 4.15. The average molecular weight is 330 g/mol. The van der Waals surface area contributed by atoms with Crippen LogP contribution >= 0.6 is 15.9 Å². The third-order valence-corrected chi connectivity index (χ3v) is 4.15. The zero-order valence-electron chi connectivity index (χ0n) is 11.6. The quantitative estimate of drug-likeness (QED) is 0.632. The highest BCUT2D eigenvalue weighted by Crippen LogP contribution is 2.33. The number of aryl methyl sites for hydroxylation is 2. The zero-order valence-corrected chi connectivity index (χ0v) is 13.2. The van der Waals surface area contributed by atoms with Gasteiger partial charge in [0, 0.05) is 4.47 Å². The molecule has 3 heteroatoms. The molecule has 0 saturated heterocycles. The number of halogens is 1. The Hall–Kier alpha value is -1.61. The second kappa shape index (κ2) is 5.41. The van der Waals surface area contributed by atoms with Crippen molar-refractivity contribution in [3.63, 3.8) is 0 Å². The smallest absolute Gasteiger partial charge is 0.168 e. The van der Waals surface area contributed by atoms with E-state index >= 15 is 0 Å². The van der Waals surface area contributed by atoms with Crippen molar-refractivity contribution in [1.29, 1.82) is 0 Å². The summed E-state index contributed by atoms with van der Waals surface area (Å²) in [5, 5.41) is 5.08. The molecule has 0 atom stereocenters. The molecule has 0 unspecified atom stereocenters. The summed E-state index contributed by atoms with van der Waals surface area (Å²) in [5.41, 5.74) is 5.46. The highest BCUT2D eigenvalue weighted by atomic mass is 79.9. The molecule has 0 radical (unpaired) electrons. The van der Waals surface area contributed by atoms with Gasteiger partial charge in [0.05, 0.1) is 11.1 Å². The third-order valence-electron chi connectivity index (χ3n) is 3.52. The lowest BCUT2D eigenvalue weighted by Gasteiger charge is -2.05. The van der Waals surface area contributed by atoms with Crippen molar-refractivity contribution >= 4 is 26.9 Å². The number of rotatable bonds is 3. The molecule has 1 heterocycles. The molecule has 0 spiro atoms. The molecule has 0 saturated carbocycles. The fourth-order valence-electron chi connectivity index (χ4n) is 2.49. The summed E-state index contributed by atoms with van der Waals surface area (Å²) >= 11 is 3.61. The Balaban J connectivity index is 2.05. The van der Waals surface area contributed by atoms with Crippen molar-refractivity contribution in [1.82, 2.24) is 5.16 Å². The standard InChI is InChI=1S/C17H16BrNO/c1-3-4-12-5-7-13(8-6-12)14-9-15(18)17-11(2)19-20-16(17)10-14/h5-10H,3-4H2,1-2H3. The number of hydrogen-bond acceptors (Lipinski definition) is 2. The Kier molecular flexibility index (Phi) is 3.62.